The zero-order chi connectivity index (χ0) is 20.0. The number of hydrogen-bond acceptors (Lipinski definition) is 5. The summed E-state index contributed by atoms with van der Waals surface area (Å²) in [7, 11) is 0. The molecular formula is C21H20BrN3O2S2. The molecule has 2 aliphatic heterocycles. The Morgan fingerprint density at radius 3 is 2.93 bits per heavy atom. The first kappa shape index (κ1) is 19.4. The van der Waals surface area contributed by atoms with Gasteiger partial charge in [0.15, 0.2) is 0 Å². The van der Waals surface area contributed by atoms with Crippen LogP contribution in [0.25, 0.3) is 10.4 Å². The van der Waals surface area contributed by atoms with Crippen LogP contribution in [0.4, 0.5) is 5.69 Å². The summed E-state index contributed by atoms with van der Waals surface area (Å²) >= 11 is 3.61. The lowest BCUT2D eigenvalue weighted by Gasteiger charge is -2.26. The minimum absolute atomic E-state index is 0.0232. The van der Waals surface area contributed by atoms with Gasteiger partial charge in [0.2, 0.25) is 0 Å². The SMILES string of the molecule is O=C(NC1CC1)c1cc2c(s1)-c1ccccc1N([S+]([O-])C1=CCCC(Br)=N1)CC2. The zero-order valence-corrected chi connectivity index (χ0v) is 18.9. The molecule has 8 heteroatoms. The molecule has 1 aliphatic carbocycles. The number of para-hydroxylation sites is 1. The molecule has 0 bridgehead atoms. The lowest BCUT2D eigenvalue weighted by Crippen LogP contribution is -2.33. The van der Waals surface area contributed by atoms with Crippen LogP contribution in [-0.4, -0.2) is 27.7 Å². The largest absolute Gasteiger partial charge is 0.586 e. The second kappa shape index (κ2) is 7.91. The Morgan fingerprint density at radius 2 is 2.14 bits per heavy atom. The normalized spacial score (nSPS) is 19.4. The van der Waals surface area contributed by atoms with Crippen LogP contribution >= 0.6 is 27.3 Å². The first-order valence-corrected chi connectivity index (χ1v) is 12.5. The number of carbonyl (C=O) groups excluding carboxylic acids is 1. The van der Waals surface area contributed by atoms with E-state index in [-0.39, 0.29) is 5.91 Å². The molecule has 1 aromatic carbocycles. The summed E-state index contributed by atoms with van der Waals surface area (Å²) in [5.41, 5.74) is 3.10. The number of carbonyl (C=O) groups is 1. The van der Waals surface area contributed by atoms with E-state index in [4.69, 9.17) is 0 Å². The van der Waals surface area contributed by atoms with Gasteiger partial charge >= 0.3 is 0 Å². The van der Waals surface area contributed by atoms with Gasteiger partial charge in [-0.05, 0) is 65.4 Å². The lowest BCUT2D eigenvalue weighted by atomic mass is 10.1. The van der Waals surface area contributed by atoms with E-state index in [0.29, 0.717) is 17.6 Å². The summed E-state index contributed by atoms with van der Waals surface area (Å²) in [5, 5.41) is 3.68. The highest BCUT2D eigenvalue weighted by Crippen LogP contribution is 2.43. The van der Waals surface area contributed by atoms with Gasteiger partial charge in [-0.2, -0.15) is 9.30 Å². The minimum atomic E-state index is -1.37. The van der Waals surface area contributed by atoms with Gasteiger partial charge in [0.25, 0.3) is 10.9 Å². The number of halogens is 1. The number of anilines is 1. The maximum absolute atomic E-state index is 13.4. The van der Waals surface area contributed by atoms with E-state index in [1.807, 2.05) is 34.6 Å². The van der Waals surface area contributed by atoms with E-state index < -0.39 is 11.4 Å². The van der Waals surface area contributed by atoms with Crippen LogP contribution in [0.3, 0.4) is 0 Å². The standard InChI is InChI=1S/C21H20BrN3O2S2/c22-18-6-3-7-19(24-18)29(27)25-11-10-13-12-17(21(26)23-14-8-9-14)28-20(13)15-4-1-2-5-16(15)25/h1-2,4-5,7,12,14H,3,6,8-11H2,(H,23,26). The van der Waals surface area contributed by atoms with Gasteiger partial charge in [-0.25, -0.2) is 0 Å². The number of rotatable bonds is 4. The smallest absolute Gasteiger partial charge is 0.268 e. The number of benzene rings is 1. The molecule has 2 aromatic rings. The van der Waals surface area contributed by atoms with Crippen molar-refractivity contribution in [3.8, 4) is 10.4 Å². The molecule has 3 heterocycles. The predicted octanol–water partition coefficient (Wildman–Crippen LogP) is 4.76. The average molecular weight is 490 g/mol. The van der Waals surface area contributed by atoms with Crippen LogP contribution in [0.5, 0.6) is 0 Å². The summed E-state index contributed by atoms with van der Waals surface area (Å²) in [6.07, 6.45) is 6.54. The van der Waals surface area contributed by atoms with Crippen molar-refractivity contribution in [3.05, 3.63) is 51.9 Å². The number of aliphatic imine (C=N–C) groups is 1. The highest BCUT2D eigenvalue weighted by atomic mass is 79.9. The highest BCUT2D eigenvalue weighted by molar-refractivity contribution is 9.18. The van der Waals surface area contributed by atoms with E-state index in [1.54, 1.807) is 0 Å². The molecule has 3 aliphatic rings. The van der Waals surface area contributed by atoms with Crippen LogP contribution in [0.2, 0.25) is 0 Å². The molecule has 1 amide bonds. The molecule has 1 saturated carbocycles. The molecule has 5 nitrogen and oxygen atoms in total. The van der Waals surface area contributed by atoms with Gasteiger partial charge < -0.3 is 9.87 Å². The average Bonchev–Trinajstić information content (AvgIpc) is 3.47. The van der Waals surface area contributed by atoms with Crippen molar-refractivity contribution in [2.45, 2.75) is 38.1 Å². The fourth-order valence-electron chi connectivity index (χ4n) is 3.60. The topological polar surface area (TPSA) is 67.8 Å². The van der Waals surface area contributed by atoms with Crippen LogP contribution in [0.1, 0.15) is 40.9 Å². The van der Waals surface area contributed by atoms with Gasteiger partial charge in [-0.15, -0.1) is 11.3 Å². The van der Waals surface area contributed by atoms with Crippen molar-refractivity contribution in [3.63, 3.8) is 0 Å². The number of hydrogen-bond donors (Lipinski definition) is 1. The highest BCUT2D eigenvalue weighted by Gasteiger charge is 2.33. The van der Waals surface area contributed by atoms with Crippen molar-refractivity contribution in [2.24, 2.45) is 4.99 Å². The third-order valence-corrected chi connectivity index (χ3v) is 8.41. The summed E-state index contributed by atoms with van der Waals surface area (Å²) in [6, 6.07) is 10.4. The molecule has 0 saturated heterocycles. The molecule has 29 heavy (non-hydrogen) atoms. The monoisotopic (exact) mass is 489 g/mol. The molecule has 1 N–H and O–H groups in total. The quantitative estimate of drug-likeness (QED) is 0.629. The molecule has 1 fully saturated rings. The Bertz CT molecular complexity index is 1030. The molecule has 5 rings (SSSR count). The van der Waals surface area contributed by atoms with Crippen LogP contribution in [-0.2, 0) is 17.8 Å². The molecule has 0 radical (unpaired) electrons. The lowest BCUT2D eigenvalue weighted by molar-refractivity contribution is 0.0955. The second-order valence-corrected chi connectivity index (χ2v) is 10.7. The van der Waals surface area contributed by atoms with E-state index >= 15 is 0 Å². The first-order chi connectivity index (χ1) is 14.1. The maximum Gasteiger partial charge on any atom is 0.268 e. The number of nitrogens with one attached hydrogen (secondary N) is 1. The third kappa shape index (κ3) is 3.91. The number of nitrogens with zero attached hydrogens (tertiary/aromatic N) is 2. The van der Waals surface area contributed by atoms with Gasteiger partial charge in [-0.1, -0.05) is 18.2 Å². The maximum atomic E-state index is 13.4. The van der Waals surface area contributed by atoms with E-state index in [2.05, 4.69) is 32.3 Å². The predicted molar refractivity (Wildman–Crippen MR) is 123 cm³/mol. The van der Waals surface area contributed by atoms with Gasteiger partial charge in [0, 0.05) is 22.9 Å². The Balaban J connectivity index is 1.49. The Morgan fingerprint density at radius 1 is 1.31 bits per heavy atom. The van der Waals surface area contributed by atoms with Gasteiger partial charge in [-0.3, -0.25) is 4.79 Å². The van der Waals surface area contributed by atoms with Crippen molar-refractivity contribution in [2.75, 3.05) is 10.8 Å². The molecule has 1 atom stereocenters. The summed E-state index contributed by atoms with van der Waals surface area (Å²) in [6.45, 7) is 0.613. The van der Waals surface area contributed by atoms with Gasteiger partial charge in [0.05, 0.1) is 21.7 Å². The number of amides is 1. The molecule has 1 unspecified atom stereocenters. The summed E-state index contributed by atoms with van der Waals surface area (Å²) < 4.78 is 16.2. The zero-order valence-electron chi connectivity index (χ0n) is 15.7. The number of thiophene rings is 1. The number of allylic oxidation sites excluding steroid dienone is 1. The van der Waals surface area contributed by atoms with E-state index in [9.17, 15) is 9.35 Å². The fourth-order valence-corrected chi connectivity index (χ4v) is 6.55. The Kier molecular flexibility index (Phi) is 5.28. The molecular weight excluding hydrogens is 470 g/mol. The third-order valence-electron chi connectivity index (χ3n) is 5.23. The van der Waals surface area contributed by atoms with Crippen LogP contribution in [0.15, 0.2) is 46.4 Å². The molecule has 1 aromatic heterocycles. The van der Waals surface area contributed by atoms with E-state index in [0.717, 1.165) is 63.3 Å². The second-order valence-electron chi connectivity index (χ2n) is 7.40. The summed E-state index contributed by atoms with van der Waals surface area (Å²) in [5.74, 6) is 0.0232. The van der Waals surface area contributed by atoms with Crippen molar-refractivity contribution in [1.82, 2.24) is 5.32 Å². The van der Waals surface area contributed by atoms with E-state index in [1.165, 1.54) is 11.3 Å². The fraction of sp³-hybridized carbons (Fsp3) is 0.333. The van der Waals surface area contributed by atoms with Crippen LogP contribution in [0, 0.1) is 0 Å². The minimum Gasteiger partial charge on any atom is -0.586 e. The van der Waals surface area contributed by atoms with Crippen molar-refractivity contribution in [1.29, 1.82) is 0 Å². The molecule has 150 valence electrons. The van der Waals surface area contributed by atoms with Crippen molar-refractivity contribution >= 4 is 54.8 Å². The van der Waals surface area contributed by atoms with Crippen molar-refractivity contribution < 1.29 is 9.35 Å². The Labute approximate surface area is 185 Å². The van der Waals surface area contributed by atoms with Crippen LogP contribution < -0.4 is 9.62 Å². The summed E-state index contributed by atoms with van der Waals surface area (Å²) in [4.78, 5) is 18.9. The Hall–Kier alpha value is -1.61. The molecule has 0 spiro atoms. The first-order valence-electron chi connectivity index (χ1n) is 9.76. The number of fused-ring (bicyclic) bond motifs is 3. The van der Waals surface area contributed by atoms with Gasteiger partial charge in [0.1, 0.15) is 11.4 Å².